The minimum absolute atomic E-state index is 0.207. The van der Waals surface area contributed by atoms with Gasteiger partial charge in [-0.25, -0.2) is 4.98 Å². The van der Waals surface area contributed by atoms with E-state index >= 15 is 0 Å². The van der Waals surface area contributed by atoms with Gasteiger partial charge in [0.2, 0.25) is 0 Å². The lowest BCUT2D eigenvalue weighted by Gasteiger charge is -2.33. The second-order valence-corrected chi connectivity index (χ2v) is 11.8. The molecular weight excluding hydrogens is 554 g/mol. The van der Waals surface area contributed by atoms with E-state index in [1.807, 2.05) is 38.4 Å². The van der Waals surface area contributed by atoms with Crippen LogP contribution in [0.2, 0.25) is 5.02 Å². The van der Waals surface area contributed by atoms with Crippen molar-refractivity contribution in [1.82, 2.24) is 24.8 Å². The zero-order chi connectivity index (χ0) is 31.3. The number of hydrogen-bond acceptors (Lipinski definition) is 4. The fourth-order valence-corrected chi connectivity index (χ4v) is 6.39. The summed E-state index contributed by atoms with van der Waals surface area (Å²) in [6.07, 6.45) is 11.8. The van der Waals surface area contributed by atoms with Gasteiger partial charge in [0.25, 0.3) is 0 Å². The van der Waals surface area contributed by atoms with E-state index in [4.69, 9.17) is 21.3 Å². The van der Waals surface area contributed by atoms with Crippen LogP contribution in [0.25, 0.3) is 27.7 Å². The first-order valence-corrected chi connectivity index (χ1v) is 15.5. The quantitative estimate of drug-likeness (QED) is 0.171. The van der Waals surface area contributed by atoms with Gasteiger partial charge in [0.05, 0.1) is 34.7 Å². The van der Waals surface area contributed by atoms with Crippen molar-refractivity contribution in [3.8, 4) is 11.3 Å². The van der Waals surface area contributed by atoms with E-state index in [0.29, 0.717) is 17.5 Å². The summed E-state index contributed by atoms with van der Waals surface area (Å²) >= 11 is 7.14. The Hall–Kier alpha value is -3.74. The SMILES string of the molecule is C=C/C=C(\C=C)CCC1OC(C)=C(C=C)c2c(Cl)c3cc(-c4cnc(CN(CCC)C(=C)C(NC)C(C)C)[nH]4)ccc3n21. The van der Waals surface area contributed by atoms with Gasteiger partial charge in [-0.1, -0.05) is 89.1 Å². The van der Waals surface area contributed by atoms with E-state index in [-0.39, 0.29) is 12.3 Å². The number of nitrogens with one attached hydrogen (secondary N) is 2. The van der Waals surface area contributed by atoms with Crippen LogP contribution in [0.15, 0.2) is 92.0 Å². The molecule has 228 valence electrons. The number of halogens is 1. The number of ether oxygens (including phenoxy) is 1. The highest BCUT2D eigenvalue weighted by atomic mass is 35.5. The third-order valence-corrected chi connectivity index (χ3v) is 8.55. The number of imidazole rings is 1. The average Bonchev–Trinajstić information content (AvgIpc) is 3.57. The zero-order valence-corrected chi connectivity index (χ0v) is 27.1. The van der Waals surface area contributed by atoms with E-state index in [2.05, 4.69) is 85.1 Å². The summed E-state index contributed by atoms with van der Waals surface area (Å²) in [5.41, 5.74) is 7.03. The van der Waals surface area contributed by atoms with Gasteiger partial charge < -0.3 is 24.5 Å². The summed E-state index contributed by atoms with van der Waals surface area (Å²) in [6.45, 7) is 26.4. The number of aromatic nitrogens is 3. The summed E-state index contributed by atoms with van der Waals surface area (Å²) in [4.78, 5) is 10.6. The van der Waals surface area contributed by atoms with Gasteiger partial charge in [-0.05, 0) is 50.4 Å². The van der Waals surface area contributed by atoms with E-state index in [1.54, 1.807) is 6.08 Å². The molecule has 43 heavy (non-hydrogen) atoms. The largest absolute Gasteiger partial charge is 0.474 e. The van der Waals surface area contributed by atoms with Crippen molar-refractivity contribution in [1.29, 1.82) is 0 Å². The first-order valence-electron chi connectivity index (χ1n) is 15.1. The van der Waals surface area contributed by atoms with Crippen molar-refractivity contribution in [2.45, 2.75) is 65.8 Å². The molecule has 2 unspecified atom stereocenters. The number of likely N-dealkylation sites (N-methyl/N-ethyl adjacent to an activating group) is 1. The Morgan fingerprint density at radius 3 is 2.67 bits per heavy atom. The lowest BCUT2D eigenvalue weighted by Crippen LogP contribution is -2.40. The third kappa shape index (κ3) is 6.61. The number of aromatic amines is 1. The molecule has 0 aliphatic carbocycles. The molecule has 0 spiro atoms. The Bertz CT molecular complexity index is 1570. The van der Waals surface area contributed by atoms with Crippen LogP contribution in [0.1, 0.15) is 64.7 Å². The van der Waals surface area contributed by atoms with Crippen LogP contribution < -0.4 is 5.32 Å². The minimum atomic E-state index is -0.212. The maximum atomic E-state index is 7.14. The number of allylic oxidation sites excluding steroid dienone is 7. The molecule has 7 heteroatoms. The number of fused-ring (bicyclic) bond motifs is 3. The fraction of sp³-hybridized carbons (Fsp3) is 0.361. The predicted octanol–water partition coefficient (Wildman–Crippen LogP) is 9.18. The Morgan fingerprint density at radius 1 is 1.28 bits per heavy atom. The van der Waals surface area contributed by atoms with E-state index in [9.17, 15) is 0 Å². The van der Waals surface area contributed by atoms with Gasteiger partial charge in [0.1, 0.15) is 11.6 Å². The topological polar surface area (TPSA) is 58.1 Å². The molecule has 2 atom stereocenters. The molecule has 6 nitrogen and oxygen atoms in total. The second-order valence-electron chi connectivity index (χ2n) is 11.4. The lowest BCUT2D eigenvalue weighted by atomic mass is 10.0. The Kier molecular flexibility index (Phi) is 10.6. The third-order valence-electron chi connectivity index (χ3n) is 8.17. The number of rotatable bonds is 15. The maximum Gasteiger partial charge on any atom is 0.176 e. The molecular formula is C36H46ClN5O. The Labute approximate surface area is 262 Å². The van der Waals surface area contributed by atoms with Gasteiger partial charge in [-0.2, -0.15) is 0 Å². The van der Waals surface area contributed by atoms with Crippen molar-refractivity contribution in [3.63, 3.8) is 0 Å². The molecule has 1 aliphatic heterocycles. The highest BCUT2D eigenvalue weighted by molar-refractivity contribution is 6.37. The van der Waals surface area contributed by atoms with Gasteiger partial charge in [0, 0.05) is 41.2 Å². The lowest BCUT2D eigenvalue weighted by molar-refractivity contribution is 0.0482. The van der Waals surface area contributed by atoms with Crippen molar-refractivity contribution in [2.24, 2.45) is 5.92 Å². The molecule has 0 radical (unpaired) electrons. The predicted molar refractivity (Wildman–Crippen MR) is 183 cm³/mol. The van der Waals surface area contributed by atoms with E-state index in [0.717, 1.165) is 82.1 Å². The maximum absolute atomic E-state index is 7.14. The van der Waals surface area contributed by atoms with Gasteiger partial charge in [0.15, 0.2) is 6.23 Å². The van der Waals surface area contributed by atoms with Crippen molar-refractivity contribution in [2.75, 3.05) is 13.6 Å². The smallest absolute Gasteiger partial charge is 0.176 e. The molecule has 3 heterocycles. The highest BCUT2D eigenvalue weighted by Crippen LogP contribution is 2.45. The number of hydrogen-bond donors (Lipinski definition) is 2. The Morgan fingerprint density at radius 2 is 2.05 bits per heavy atom. The minimum Gasteiger partial charge on any atom is -0.474 e. The first kappa shape index (κ1) is 32.2. The van der Waals surface area contributed by atoms with Crippen molar-refractivity contribution >= 4 is 28.1 Å². The Balaban J connectivity index is 1.68. The van der Waals surface area contributed by atoms with Crippen LogP contribution in [0.5, 0.6) is 0 Å². The molecule has 3 aromatic rings. The molecule has 1 aliphatic rings. The molecule has 0 bridgehead atoms. The van der Waals surface area contributed by atoms with Crippen molar-refractivity contribution in [3.05, 3.63) is 109 Å². The van der Waals surface area contributed by atoms with Crippen LogP contribution in [-0.2, 0) is 11.3 Å². The van der Waals surface area contributed by atoms with Crippen molar-refractivity contribution < 1.29 is 4.74 Å². The molecule has 0 saturated heterocycles. The number of nitrogens with zero attached hydrogens (tertiary/aromatic N) is 3. The van der Waals surface area contributed by atoms with Gasteiger partial charge in [-0.3, -0.25) is 0 Å². The number of H-pyrrole nitrogens is 1. The average molecular weight is 600 g/mol. The molecule has 4 rings (SSSR count). The molecule has 0 amide bonds. The molecule has 1 aromatic carbocycles. The second kappa shape index (κ2) is 14.2. The standard InChI is InChI=1S/C36H46ClN5O/c1-10-14-26(12-3)15-18-33-42-31-17-16-27(20-29(31)34(37)36(42)28(13-4)25(8)43-33)30-21-39-32(40-30)22-41(19-11-2)24(7)35(38-9)23(5)6/h10,12-14,16-17,20-21,23,33,35,38H,1,3-4,7,11,15,18-19,22H2,2,5-6,8-9H3,(H,39,40)/b26-14+. The summed E-state index contributed by atoms with van der Waals surface area (Å²) in [7, 11) is 1.99. The highest BCUT2D eigenvalue weighted by Gasteiger charge is 2.30. The molecule has 2 aromatic heterocycles. The van der Waals surface area contributed by atoms with Crippen LogP contribution in [0.4, 0.5) is 0 Å². The van der Waals surface area contributed by atoms with Crippen LogP contribution in [0.3, 0.4) is 0 Å². The zero-order valence-electron chi connectivity index (χ0n) is 26.3. The molecule has 0 saturated carbocycles. The first-order chi connectivity index (χ1) is 20.7. The number of benzene rings is 1. The van der Waals surface area contributed by atoms with Gasteiger partial charge >= 0.3 is 0 Å². The molecule has 0 fully saturated rings. The summed E-state index contributed by atoms with van der Waals surface area (Å²) in [6, 6.07) is 6.58. The summed E-state index contributed by atoms with van der Waals surface area (Å²) < 4.78 is 8.65. The van der Waals surface area contributed by atoms with E-state index < -0.39 is 0 Å². The normalized spacial score (nSPS) is 15.8. The van der Waals surface area contributed by atoms with Gasteiger partial charge in [-0.15, -0.1) is 0 Å². The van der Waals surface area contributed by atoms with Crippen LogP contribution >= 0.6 is 11.6 Å². The van der Waals surface area contributed by atoms with Crippen LogP contribution in [0, 0.1) is 5.92 Å². The monoisotopic (exact) mass is 599 g/mol. The fourth-order valence-electron chi connectivity index (χ4n) is 6.05. The van der Waals surface area contributed by atoms with Crippen LogP contribution in [-0.4, -0.2) is 39.1 Å². The summed E-state index contributed by atoms with van der Waals surface area (Å²) in [5, 5.41) is 5.08. The van der Waals surface area contributed by atoms with E-state index in [1.165, 1.54) is 0 Å². The molecule has 2 N–H and O–H groups in total. The summed E-state index contributed by atoms with van der Waals surface area (Å²) in [5.74, 6) is 2.16.